The zero-order valence-corrected chi connectivity index (χ0v) is 13.4. The van der Waals surface area contributed by atoms with Gasteiger partial charge in [-0.05, 0) is 51.3 Å². The fourth-order valence-electron chi connectivity index (χ4n) is 2.64. The quantitative estimate of drug-likeness (QED) is 0.874. The Morgan fingerprint density at radius 3 is 2.95 bits per heavy atom. The second-order valence-electron chi connectivity index (χ2n) is 5.79. The fraction of sp³-hybridized carbons (Fsp3) is 0.500. The van der Waals surface area contributed by atoms with Crippen molar-refractivity contribution in [2.24, 2.45) is 0 Å². The summed E-state index contributed by atoms with van der Waals surface area (Å²) >= 11 is 1.75. The van der Waals surface area contributed by atoms with E-state index in [-0.39, 0.29) is 5.54 Å². The van der Waals surface area contributed by atoms with Gasteiger partial charge in [0, 0.05) is 4.90 Å². The van der Waals surface area contributed by atoms with Crippen LogP contribution in [0, 0.1) is 6.92 Å². The number of aromatic nitrogens is 2. The molecule has 0 bridgehead atoms. The van der Waals surface area contributed by atoms with Crippen LogP contribution in [0.2, 0.25) is 0 Å². The molecule has 1 N–H and O–H groups in total. The van der Waals surface area contributed by atoms with Gasteiger partial charge >= 0.3 is 0 Å². The van der Waals surface area contributed by atoms with Gasteiger partial charge in [0.25, 0.3) is 0 Å². The molecule has 1 unspecified atom stereocenters. The maximum absolute atomic E-state index is 5.49. The van der Waals surface area contributed by atoms with Crippen LogP contribution in [-0.2, 0) is 11.3 Å². The number of rotatable bonds is 4. The highest BCUT2D eigenvalue weighted by molar-refractivity contribution is 7.98. The van der Waals surface area contributed by atoms with Crippen molar-refractivity contribution in [3.63, 3.8) is 0 Å². The third-order valence-corrected chi connectivity index (χ3v) is 5.18. The largest absolute Gasteiger partial charge is 0.337 e. The van der Waals surface area contributed by atoms with Gasteiger partial charge in [0.15, 0.2) is 5.82 Å². The second-order valence-corrected chi connectivity index (χ2v) is 6.80. The molecule has 0 spiro atoms. The number of aryl methyl sites for hydroxylation is 1. The first kappa shape index (κ1) is 14.6. The van der Waals surface area contributed by atoms with Crippen molar-refractivity contribution in [3.05, 3.63) is 41.5 Å². The standard InChI is InChI=1S/C16H21N3OS/c1-12-7-3-4-8-13(12)21-11-14-18-15(20-19-14)16(2)9-5-6-10-17-16/h3-4,7-8,17H,5-6,9-11H2,1-2H3. The molecule has 0 aliphatic carbocycles. The van der Waals surface area contributed by atoms with E-state index in [9.17, 15) is 0 Å². The summed E-state index contributed by atoms with van der Waals surface area (Å²) in [4.78, 5) is 5.86. The van der Waals surface area contributed by atoms with Gasteiger partial charge < -0.3 is 9.84 Å². The molecule has 3 rings (SSSR count). The molecule has 21 heavy (non-hydrogen) atoms. The summed E-state index contributed by atoms with van der Waals surface area (Å²) in [6.07, 6.45) is 3.48. The summed E-state index contributed by atoms with van der Waals surface area (Å²) in [5.74, 6) is 2.24. The molecule has 0 amide bonds. The highest BCUT2D eigenvalue weighted by Crippen LogP contribution is 2.30. The van der Waals surface area contributed by atoms with Crippen LogP contribution < -0.4 is 5.32 Å². The van der Waals surface area contributed by atoms with Gasteiger partial charge in [0.1, 0.15) is 0 Å². The average molecular weight is 303 g/mol. The molecule has 1 aromatic heterocycles. The van der Waals surface area contributed by atoms with Crippen LogP contribution in [0.3, 0.4) is 0 Å². The first-order valence-electron chi connectivity index (χ1n) is 7.44. The summed E-state index contributed by atoms with van der Waals surface area (Å²) < 4.78 is 5.49. The highest BCUT2D eigenvalue weighted by atomic mass is 32.2. The van der Waals surface area contributed by atoms with E-state index in [2.05, 4.69) is 53.6 Å². The van der Waals surface area contributed by atoms with Gasteiger partial charge in [0.2, 0.25) is 5.89 Å². The van der Waals surface area contributed by atoms with Crippen molar-refractivity contribution in [1.29, 1.82) is 0 Å². The summed E-state index contributed by atoms with van der Waals surface area (Å²) in [5, 5.41) is 7.64. The molecule has 1 aliphatic rings. The lowest BCUT2D eigenvalue weighted by Crippen LogP contribution is -2.43. The Balaban J connectivity index is 1.67. The van der Waals surface area contributed by atoms with Crippen molar-refractivity contribution in [3.8, 4) is 0 Å². The van der Waals surface area contributed by atoms with Crippen LogP contribution in [0.25, 0.3) is 0 Å². The molecule has 1 aromatic carbocycles. The molecule has 1 saturated heterocycles. The van der Waals surface area contributed by atoms with Gasteiger partial charge in [-0.15, -0.1) is 11.8 Å². The molecule has 5 heteroatoms. The molecular formula is C16H21N3OS. The van der Waals surface area contributed by atoms with E-state index in [1.807, 2.05) is 0 Å². The van der Waals surface area contributed by atoms with Gasteiger partial charge in [-0.25, -0.2) is 0 Å². The monoisotopic (exact) mass is 303 g/mol. The topological polar surface area (TPSA) is 51.0 Å². The van der Waals surface area contributed by atoms with Crippen molar-refractivity contribution in [2.75, 3.05) is 6.54 Å². The molecule has 0 radical (unpaired) electrons. The van der Waals surface area contributed by atoms with E-state index < -0.39 is 0 Å². The third-order valence-electron chi connectivity index (χ3n) is 4.01. The van der Waals surface area contributed by atoms with Crippen LogP contribution in [-0.4, -0.2) is 16.7 Å². The van der Waals surface area contributed by atoms with Gasteiger partial charge in [-0.1, -0.05) is 23.4 Å². The number of nitrogens with zero attached hydrogens (tertiary/aromatic N) is 2. The number of hydrogen-bond acceptors (Lipinski definition) is 5. The number of piperidine rings is 1. The first-order valence-corrected chi connectivity index (χ1v) is 8.42. The Labute approximate surface area is 129 Å². The smallest absolute Gasteiger partial charge is 0.246 e. The van der Waals surface area contributed by atoms with Gasteiger partial charge in [-0.3, -0.25) is 0 Å². The van der Waals surface area contributed by atoms with Crippen LogP contribution in [0.5, 0.6) is 0 Å². The highest BCUT2D eigenvalue weighted by Gasteiger charge is 2.34. The number of thioether (sulfide) groups is 1. The summed E-state index contributed by atoms with van der Waals surface area (Å²) in [5.41, 5.74) is 1.13. The molecule has 1 atom stereocenters. The zero-order valence-electron chi connectivity index (χ0n) is 12.6. The van der Waals surface area contributed by atoms with Crippen LogP contribution in [0.4, 0.5) is 0 Å². The molecule has 112 valence electrons. The molecule has 2 heterocycles. The van der Waals surface area contributed by atoms with E-state index in [4.69, 9.17) is 4.52 Å². The minimum atomic E-state index is -0.156. The predicted molar refractivity (Wildman–Crippen MR) is 84.2 cm³/mol. The number of benzene rings is 1. The minimum Gasteiger partial charge on any atom is -0.337 e. The lowest BCUT2D eigenvalue weighted by Gasteiger charge is -2.31. The molecule has 1 fully saturated rings. The SMILES string of the molecule is Cc1ccccc1SCc1noc(C2(C)CCCCN2)n1. The number of hydrogen-bond donors (Lipinski definition) is 1. The number of nitrogens with one attached hydrogen (secondary N) is 1. The minimum absolute atomic E-state index is 0.156. The van der Waals surface area contributed by atoms with Crippen molar-refractivity contribution in [2.45, 2.75) is 49.3 Å². The Morgan fingerprint density at radius 1 is 1.33 bits per heavy atom. The second kappa shape index (κ2) is 6.20. The summed E-state index contributed by atoms with van der Waals surface area (Å²) in [6.45, 7) is 5.29. The van der Waals surface area contributed by atoms with Crippen LogP contribution >= 0.6 is 11.8 Å². The van der Waals surface area contributed by atoms with Gasteiger partial charge in [0.05, 0.1) is 11.3 Å². The molecule has 4 nitrogen and oxygen atoms in total. The summed E-state index contributed by atoms with van der Waals surface area (Å²) in [7, 11) is 0. The maximum atomic E-state index is 5.49. The maximum Gasteiger partial charge on any atom is 0.246 e. The Bertz CT molecular complexity index is 605. The van der Waals surface area contributed by atoms with Gasteiger partial charge in [-0.2, -0.15) is 4.98 Å². The lowest BCUT2D eigenvalue weighted by atomic mass is 9.91. The average Bonchev–Trinajstić information content (AvgIpc) is 2.97. The molecule has 1 aliphatic heterocycles. The van der Waals surface area contributed by atoms with Crippen molar-refractivity contribution >= 4 is 11.8 Å². The van der Waals surface area contributed by atoms with Crippen molar-refractivity contribution in [1.82, 2.24) is 15.5 Å². The molecular weight excluding hydrogens is 282 g/mol. The van der Waals surface area contributed by atoms with E-state index in [0.29, 0.717) is 0 Å². The molecule has 2 aromatic rings. The van der Waals surface area contributed by atoms with E-state index in [0.717, 1.165) is 30.4 Å². The predicted octanol–water partition coefficient (Wildman–Crippen LogP) is 3.66. The Morgan fingerprint density at radius 2 is 2.19 bits per heavy atom. The Hall–Kier alpha value is -1.33. The fourth-order valence-corrected chi connectivity index (χ4v) is 3.51. The van der Waals surface area contributed by atoms with E-state index >= 15 is 0 Å². The first-order chi connectivity index (χ1) is 10.2. The molecule has 0 saturated carbocycles. The summed E-state index contributed by atoms with van der Waals surface area (Å²) in [6, 6.07) is 8.37. The lowest BCUT2D eigenvalue weighted by molar-refractivity contribution is 0.206. The zero-order chi connectivity index (χ0) is 14.7. The Kier molecular flexibility index (Phi) is 4.31. The normalized spacial score (nSPS) is 22.4. The van der Waals surface area contributed by atoms with E-state index in [1.165, 1.54) is 23.3 Å². The van der Waals surface area contributed by atoms with Crippen LogP contribution in [0.1, 0.15) is 43.5 Å². The van der Waals surface area contributed by atoms with Crippen LogP contribution in [0.15, 0.2) is 33.7 Å². The third kappa shape index (κ3) is 3.30. The van der Waals surface area contributed by atoms with E-state index in [1.54, 1.807) is 11.8 Å². The van der Waals surface area contributed by atoms with Crippen molar-refractivity contribution < 1.29 is 4.52 Å².